The molecule has 5 heteroatoms. The van der Waals surface area contributed by atoms with Gasteiger partial charge in [0, 0.05) is 19.6 Å². The number of nitrogens with zero attached hydrogens (tertiary/aromatic N) is 3. The van der Waals surface area contributed by atoms with Crippen molar-refractivity contribution < 1.29 is 9.59 Å². The molecule has 0 aromatic heterocycles. The van der Waals surface area contributed by atoms with Crippen molar-refractivity contribution in [3.8, 4) is 0 Å². The van der Waals surface area contributed by atoms with E-state index in [2.05, 4.69) is 5.01 Å². The molecule has 2 amide bonds. The van der Waals surface area contributed by atoms with Crippen LogP contribution in [0.2, 0.25) is 0 Å². The van der Waals surface area contributed by atoms with E-state index in [9.17, 15) is 9.59 Å². The molecule has 1 aliphatic heterocycles. The summed E-state index contributed by atoms with van der Waals surface area (Å²) in [4.78, 5) is 28.3. The van der Waals surface area contributed by atoms with Gasteiger partial charge in [-0.15, -0.1) is 0 Å². The first-order chi connectivity index (χ1) is 16.7. The van der Waals surface area contributed by atoms with Crippen molar-refractivity contribution in [1.82, 2.24) is 14.9 Å². The number of hydrogen-bond acceptors (Lipinski definition) is 3. The first-order valence-corrected chi connectivity index (χ1v) is 12.1. The fourth-order valence-corrected chi connectivity index (χ4v) is 4.51. The van der Waals surface area contributed by atoms with E-state index in [0.29, 0.717) is 19.5 Å². The Kier molecular flexibility index (Phi) is 8.47. The molecule has 1 fully saturated rings. The van der Waals surface area contributed by atoms with Gasteiger partial charge in [0.15, 0.2) is 0 Å². The standard InChI is InChI=1S/C29H33N3O2/c33-24-28(21-25-13-5-1-6-14-25)31(22-26-15-7-2-8-16-26)29(34)32(30-19-11-4-12-20-30)23-27-17-9-3-10-18-27/h1-3,5-10,13-18,24,28H,4,11-12,19-23H2/t28-/m0/s1. The van der Waals surface area contributed by atoms with Crippen molar-refractivity contribution in [2.45, 2.75) is 44.8 Å². The fourth-order valence-electron chi connectivity index (χ4n) is 4.51. The molecule has 0 radical (unpaired) electrons. The SMILES string of the molecule is O=C[C@H](Cc1ccccc1)N(Cc1ccccc1)C(=O)N(Cc1ccccc1)N1CCCCC1. The molecule has 5 nitrogen and oxygen atoms in total. The minimum absolute atomic E-state index is 0.123. The predicted octanol–water partition coefficient (Wildman–Crippen LogP) is 5.32. The molecule has 3 aromatic carbocycles. The Morgan fingerprint density at radius 3 is 1.76 bits per heavy atom. The second-order valence-corrected chi connectivity index (χ2v) is 8.85. The summed E-state index contributed by atoms with van der Waals surface area (Å²) in [5.74, 6) is 0. The first kappa shape index (κ1) is 23.7. The zero-order valence-electron chi connectivity index (χ0n) is 19.6. The third-order valence-electron chi connectivity index (χ3n) is 6.36. The zero-order chi connectivity index (χ0) is 23.6. The molecule has 34 heavy (non-hydrogen) atoms. The molecule has 1 heterocycles. The highest BCUT2D eigenvalue weighted by atomic mass is 16.2. The van der Waals surface area contributed by atoms with Gasteiger partial charge in [0.05, 0.1) is 12.6 Å². The number of benzene rings is 3. The number of piperidine rings is 1. The number of carbonyl (C=O) groups excluding carboxylic acids is 2. The van der Waals surface area contributed by atoms with Gasteiger partial charge in [-0.05, 0) is 36.0 Å². The molecule has 0 saturated carbocycles. The lowest BCUT2D eigenvalue weighted by Gasteiger charge is -2.41. The Hall–Kier alpha value is -3.44. The molecular formula is C29H33N3O2. The van der Waals surface area contributed by atoms with E-state index in [1.807, 2.05) is 96.0 Å². The lowest BCUT2D eigenvalue weighted by molar-refractivity contribution is -0.112. The molecule has 1 atom stereocenters. The molecule has 4 rings (SSSR count). The summed E-state index contributed by atoms with van der Waals surface area (Å²) in [5.41, 5.74) is 3.12. The van der Waals surface area contributed by atoms with E-state index in [1.54, 1.807) is 4.90 Å². The van der Waals surface area contributed by atoms with E-state index < -0.39 is 6.04 Å². The van der Waals surface area contributed by atoms with Gasteiger partial charge in [-0.2, -0.15) is 0 Å². The molecule has 1 saturated heterocycles. The Balaban J connectivity index is 1.65. The Morgan fingerprint density at radius 1 is 0.735 bits per heavy atom. The van der Waals surface area contributed by atoms with Crippen molar-refractivity contribution in [1.29, 1.82) is 0 Å². The molecule has 1 aliphatic rings. The second-order valence-electron chi connectivity index (χ2n) is 8.85. The number of hydrogen-bond donors (Lipinski definition) is 0. The molecule has 0 unspecified atom stereocenters. The average Bonchev–Trinajstić information content (AvgIpc) is 2.91. The van der Waals surface area contributed by atoms with Crippen LogP contribution in [0.5, 0.6) is 0 Å². The maximum atomic E-state index is 14.2. The summed E-state index contributed by atoms with van der Waals surface area (Å²) in [6, 6.07) is 29.2. The van der Waals surface area contributed by atoms with Crippen LogP contribution in [-0.2, 0) is 24.3 Å². The van der Waals surface area contributed by atoms with Crippen LogP contribution in [0.4, 0.5) is 4.79 Å². The summed E-state index contributed by atoms with van der Waals surface area (Å²) in [5, 5.41) is 4.03. The summed E-state index contributed by atoms with van der Waals surface area (Å²) < 4.78 is 0. The first-order valence-electron chi connectivity index (χ1n) is 12.1. The number of amides is 2. The second kappa shape index (κ2) is 12.1. The molecule has 0 spiro atoms. The Bertz CT molecular complexity index is 1020. The van der Waals surface area contributed by atoms with E-state index in [4.69, 9.17) is 0 Å². The highest BCUT2D eigenvalue weighted by Crippen LogP contribution is 2.21. The van der Waals surface area contributed by atoms with Gasteiger partial charge in [-0.25, -0.2) is 9.80 Å². The normalized spacial score (nSPS) is 14.8. The minimum atomic E-state index is -0.557. The van der Waals surface area contributed by atoms with Gasteiger partial charge in [0.25, 0.3) is 0 Å². The molecule has 0 bridgehead atoms. The van der Waals surface area contributed by atoms with Crippen molar-refractivity contribution in [2.75, 3.05) is 13.1 Å². The van der Waals surface area contributed by atoms with Crippen molar-refractivity contribution in [3.05, 3.63) is 108 Å². The molecule has 0 aliphatic carbocycles. The quantitative estimate of drug-likeness (QED) is 0.410. The van der Waals surface area contributed by atoms with Crippen LogP contribution in [0, 0.1) is 0 Å². The average molecular weight is 456 g/mol. The third kappa shape index (κ3) is 6.33. The van der Waals surface area contributed by atoms with E-state index in [-0.39, 0.29) is 6.03 Å². The lowest BCUT2D eigenvalue weighted by Crippen LogP contribution is -2.56. The van der Waals surface area contributed by atoms with Gasteiger partial charge < -0.3 is 9.69 Å². The smallest absolute Gasteiger partial charge is 0.309 e. The maximum Gasteiger partial charge on any atom is 0.335 e. The number of rotatable bonds is 9. The Labute approximate surface area is 202 Å². The molecule has 176 valence electrons. The Morgan fingerprint density at radius 2 is 1.24 bits per heavy atom. The topological polar surface area (TPSA) is 43.9 Å². The highest BCUT2D eigenvalue weighted by Gasteiger charge is 2.32. The van der Waals surface area contributed by atoms with E-state index in [0.717, 1.165) is 48.9 Å². The maximum absolute atomic E-state index is 14.2. The molecular weight excluding hydrogens is 422 g/mol. The van der Waals surface area contributed by atoms with Crippen LogP contribution < -0.4 is 0 Å². The van der Waals surface area contributed by atoms with Crippen LogP contribution in [0.15, 0.2) is 91.0 Å². The van der Waals surface area contributed by atoms with Crippen molar-refractivity contribution >= 4 is 12.3 Å². The van der Waals surface area contributed by atoms with Crippen LogP contribution >= 0.6 is 0 Å². The van der Waals surface area contributed by atoms with E-state index in [1.165, 1.54) is 6.42 Å². The monoisotopic (exact) mass is 455 g/mol. The zero-order valence-corrected chi connectivity index (χ0v) is 19.6. The van der Waals surface area contributed by atoms with Crippen molar-refractivity contribution in [3.63, 3.8) is 0 Å². The number of carbonyl (C=O) groups is 2. The van der Waals surface area contributed by atoms with Crippen LogP contribution in [0.3, 0.4) is 0 Å². The largest absolute Gasteiger partial charge is 0.335 e. The van der Waals surface area contributed by atoms with Gasteiger partial charge in [0.2, 0.25) is 0 Å². The van der Waals surface area contributed by atoms with Gasteiger partial charge in [-0.1, -0.05) is 97.4 Å². The van der Waals surface area contributed by atoms with Gasteiger partial charge in [0.1, 0.15) is 6.29 Å². The fraction of sp³-hybridized carbons (Fsp3) is 0.310. The lowest BCUT2D eigenvalue weighted by atomic mass is 10.0. The van der Waals surface area contributed by atoms with Gasteiger partial charge >= 0.3 is 6.03 Å². The molecule has 3 aromatic rings. The van der Waals surface area contributed by atoms with Crippen molar-refractivity contribution in [2.24, 2.45) is 0 Å². The van der Waals surface area contributed by atoms with Crippen LogP contribution in [0.25, 0.3) is 0 Å². The number of aldehydes is 1. The predicted molar refractivity (Wildman–Crippen MR) is 135 cm³/mol. The summed E-state index contributed by atoms with van der Waals surface area (Å²) in [6.45, 7) is 2.57. The van der Waals surface area contributed by atoms with Gasteiger partial charge in [-0.3, -0.25) is 5.01 Å². The number of hydrazine groups is 1. The van der Waals surface area contributed by atoms with Crippen LogP contribution in [-0.4, -0.2) is 46.4 Å². The van der Waals surface area contributed by atoms with E-state index >= 15 is 0 Å². The minimum Gasteiger partial charge on any atom is -0.309 e. The number of urea groups is 1. The summed E-state index contributed by atoms with van der Waals surface area (Å²) in [7, 11) is 0. The van der Waals surface area contributed by atoms with Crippen LogP contribution in [0.1, 0.15) is 36.0 Å². The highest BCUT2D eigenvalue weighted by molar-refractivity contribution is 5.78. The summed E-state index contributed by atoms with van der Waals surface area (Å²) >= 11 is 0. The molecule has 0 N–H and O–H groups in total. The third-order valence-corrected chi connectivity index (χ3v) is 6.36. The summed E-state index contributed by atoms with van der Waals surface area (Å²) in [6.07, 6.45) is 4.73.